The van der Waals surface area contributed by atoms with Crippen molar-refractivity contribution in [3.63, 3.8) is 0 Å². The minimum absolute atomic E-state index is 0.143. The molecule has 0 spiro atoms. The zero-order chi connectivity index (χ0) is 16.7. The summed E-state index contributed by atoms with van der Waals surface area (Å²) in [5.74, 6) is 2.91. The van der Waals surface area contributed by atoms with Crippen LogP contribution in [0.3, 0.4) is 0 Å². The zero-order valence-corrected chi connectivity index (χ0v) is 14.9. The molecule has 4 rings (SSSR count). The third kappa shape index (κ3) is 3.51. The first-order valence-corrected chi connectivity index (χ1v) is 9.51. The number of β-amino-alcohol motifs (C(OH)–C–C–N with tert-alkyl or cyclic N) is 1. The molecule has 6 nitrogen and oxygen atoms in total. The van der Waals surface area contributed by atoms with E-state index in [1.807, 2.05) is 0 Å². The van der Waals surface area contributed by atoms with Gasteiger partial charge < -0.3 is 9.63 Å². The van der Waals surface area contributed by atoms with Crippen LogP contribution < -0.4 is 0 Å². The summed E-state index contributed by atoms with van der Waals surface area (Å²) in [5, 5.41) is 15.1. The highest BCUT2D eigenvalue weighted by molar-refractivity contribution is 5.06. The van der Waals surface area contributed by atoms with Crippen molar-refractivity contribution in [2.45, 2.75) is 63.0 Å². The Kier molecular flexibility index (Phi) is 4.39. The number of piperazine rings is 1. The highest BCUT2D eigenvalue weighted by Gasteiger charge is 2.38. The van der Waals surface area contributed by atoms with Gasteiger partial charge in [-0.25, -0.2) is 0 Å². The predicted molar refractivity (Wildman–Crippen MR) is 90.7 cm³/mol. The van der Waals surface area contributed by atoms with Crippen LogP contribution in [-0.2, 0) is 0 Å². The van der Waals surface area contributed by atoms with Crippen molar-refractivity contribution in [1.82, 2.24) is 19.9 Å². The Balaban J connectivity index is 1.40. The summed E-state index contributed by atoms with van der Waals surface area (Å²) in [5.41, 5.74) is -0.513. The van der Waals surface area contributed by atoms with Crippen LogP contribution in [0.4, 0.5) is 0 Å². The number of rotatable bonds is 4. The van der Waals surface area contributed by atoms with Gasteiger partial charge in [-0.15, -0.1) is 0 Å². The Morgan fingerprint density at radius 1 is 1.21 bits per heavy atom. The minimum atomic E-state index is -0.513. The van der Waals surface area contributed by atoms with Gasteiger partial charge in [0.15, 0.2) is 5.82 Å². The van der Waals surface area contributed by atoms with Crippen molar-refractivity contribution >= 4 is 0 Å². The second-order valence-corrected chi connectivity index (χ2v) is 8.40. The van der Waals surface area contributed by atoms with E-state index in [2.05, 4.69) is 33.9 Å². The first kappa shape index (κ1) is 16.5. The lowest BCUT2D eigenvalue weighted by Gasteiger charge is -2.43. The van der Waals surface area contributed by atoms with Gasteiger partial charge in [-0.05, 0) is 51.5 Å². The summed E-state index contributed by atoms with van der Waals surface area (Å²) in [6.07, 6.45) is 6.52. The first-order chi connectivity index (χ1) is 11.5. The van der Waals surface area contributed by atoms with E-state index in [4.69, 9.17) is 4.52 Å². The quantitative estimate of drug-likeness (QED) is 0.910. The second-order valence-electron chi connectivity index (χ2n) is 8.40. The largest absolute Gasteiger partial charge is 0.389 e. The molecule has 2 aliphatic carbocycles. The molecule has 1 aliphatic heterocycles. The van der Waals surface area contributed by atoms with Crippen molar-refractivity contribution in [2.75, 3.05) is 33.2 Å². The van der Waals surface area contributed by atoms with E-state index in [1.165, 1.54) is 12.8 Å². The standard InChI is InChI=1S/C18H30N4O2/c1-13-5-7-18(23,8-6-13)12-22-10-9-21(2)15(11-22)17-19-16(20-24-17)14-3-4-14/h13-15,23H,3-12H2,1-2H3. The molecule has 0 bridgehead atoms. The summed E-state index contributed by atoms with van der Waals surface area (Å²) >= 11 is 0. The first-order valence-electron chi connectivity index (χ1n) is 9.51. The topological polar surface area (TPSA) is 65.6 Å². The molecule has 0 amide bonds. The SMILES string of the molecule is CC1CCC(O)(CN2CCN(C)C(c3nc(C4CC4)no3)C2)CC1. The fraction of sp³-hybridized carbons (Fsp3) is 0.889. The number of hydrogen-bond donors (Lipinski definition) is 1. The van der Waals surface area contributed by atoms with E-state index in [9.17, 15) is 5.11 Å². The number of likely N-dealkylation sites (N-methyl/N-ethyl adjacent to an activating group) is 1. The van der Waals surface area contributed by atoms with Crippen LogP contribution in [0.1, 0.15) is 69.1 Å². The molecule has 1 atom stereocenters. The Bertz CT molecular complexity index is 563. The van der Waals surface area contributed by atoms with E-state index >= 15 is 0 Å². The van der Waals surface area contributed by atoms with Crippen molar-refractivity contribution in [1.29, 1.82) is 0 Å². The molecule has 2 saturated carbocycles. The van der Waals surface area contributed by atoms with E-state index in [-0.39, 0.29) is 6.04 Å². The summed E-state index contributed by atoms with van der Waals surface area (Å²) in [4.78, 5) is 9.34. The highest BCUT2D eigenvalue weighted by atomic mass is 16.5. The number of hydrogen-bond acceptors (Lipinski definition) is 6. The maximum Gasteiger partial charge on any atom is 0.245 e. The third-order valence-electron chi connectivity index (χ3n) is 6.14. The summed E-state index contributed by atoms with van der Waals surface area (Å²) < 4.78 is 5.56. The van der Waals surface area contributed by atoms with Crippen molar-refractivity contribution in [3.8, 4) is 0 Å². The Morgan fingerprint density at radius 2 is 1.96 bits per heavy atom. The monoisotopic (exact) mass is 334 g/mol. The van der Waals surface area contributed by atoms with Gasteiger partial charge in [-0.1, -0.05) is 12.1 Å². The van der Waals surface area contributed by atoms with Crippen LogP contribution in [0.5, 0.6) is 0 Å². The third-order valence-corrected chi connectivity index (χ3v) is 6.14. The number of aromatic nitrogens is 2. The van der Waals surface area contributed by atoms with Gasteiger partial charge >= 0.3 is 0 Å². The van der Waals surface area contributed by atoms with Gasteiger partial charge in [0.05, 0.1) is 5.60 Å². The molecule has 3 fully saturated rings. The van der Waals surface area contributed by atoms with Gasteiger partial charge in [0.2, 0.25) is 5.89 Å². The average Bonchev–Trinajstić information content (AvgIpc) is 3.30. The zero-order valence-electron chi connectivity index (χ0n) is 14.9. The molecule has 2 heterocycles. The van der Waals surface area contributed by atoms with Crippen molar-refractivity contribution in [3.05, 3.63) is 11.7 Å². The summed E-state index contributed by atoms with van der Waals surface area (Å²) in [6, 6.07) is 0.143. The average molecular weight is 334 g/mol. The summed E-state index contributed by atoms with van der Waals surface area (Å²) in [7, 11) is 2.13. The van der Waals surface area contributed by atoms with E-state index in [0.717, 1.165) is 69.5 Å². The van der Waals surface area contributed by atoms with Gasteiger partial charge in [0.25, 0.3) is 0 Å². The molecule has 134 valence electrons. The van der Waals surface area contributed by atoms with Crippen LogP contribution in [0.15, 0.2) is 4.52 Å². The molecule has 1 saturated heterocycles. The smallest absolute Gasteiger partial charge is 0.245 e. The Hall–Kier alpha value is -0.980. The maximum absolute atomic E-state index is 10.9. The van der Waals surface area contributed by atoms with Crippen LogP contribution in [0, 0.1) is 5.92 Å². The molecule has 0 radical (unpaired) electrons. The molecule has 1 aromatic rings. The van der Waals surface area contributed by atoms with E-state index < -0.39 is 5.60 Å². The fourth-order valence-electron chi connectivity index (χ4n) is 4.10. The maximum atomic E-state index is 10.9. The van der Waals surface area contributed by atoms with Crippen molar-refractivity contribution < 1.29 is 9.63 Å². The summed E-state index contributed by atoms with van der Waals surface area (Å²) in [6.45, 7) is 5.89. The van der Waals surface area contributed by atoms with Crippen LogP contribution in [0.2, 0.25) is 0 Å². The number of aliphatic hydroxyl groups is 1. The molecule has 3 aliphatic rings. The van der Waals surface area contributed by atoms with E-state index in [0.29, 0.717) is 5.92 Å². The van der Waals surface area contributed by atoms with Crippen LogP contribution >= 0.6 is 0 Å². The molecule has 24 heavy (non-hydrogen) atoms. The van der Waals surface area contributed by atoms with Crippen molar-refractivity contribution in [2.24, 2.45) is 5.92 Å². The van der Waals surface area contributed by atoms with Crippen LogP contribution in [-0.4, -0.2) is 63.9 Å². The number of nitrogens with zero attached hydrogens (tertiary/aromatic N) is 4. The predicted octanol–water partition coefficient (Wildman–Crippen LogP) is 2.18. The molecular weight excluding hydrogens is 304 g/mol. The lowest BCUT2D eigenvalue weighted by molar-refractivity contribution is -0.0508. The Morgan fingerprint density at radius 3 is 2.67 bits per heavy atom. The Labute approximate surface area is 144 Å². The fourth-order valence-corrected chi connectivity index (χ4v) is 4.10. The molecule has 1 aromatic heterocycles. The molecule has 1 unspecified atom stereocenters. The van der Waals surface area contributed by atoms with Crippen LogP contribution in [0.25, 0.3) is 0 Å². The second kappa shape index (κ2) is 6.39. The molecular formula is C18H30N4O2. The van der Waals surface area contributed by atoms with Gasteiger partial charge in [0.1, 0.15) is 6.04 Å². The van der Waals surface area contributed by atoms with Gasteiger partial charge in [-0.2, -0.15) is 4.98 Å². The van der Waals surface area contributed by atoms with Gasteiger partial charge in [0, 0.05) is 32.1 Å². The molecule has 0 aromatic carbocycles. The minimum Gasteiger partial charge on any atom is -0.389 e. The molecule has 1 N–H and O–H groups in total. The lowest BCUT2D eigenvalue weighted by atomic mass is 9.79. The van der Waals surface area contributed by atoms with Gasteiger partial charge in [-0.3, -0.25) is 9.80 Å². The normalized spacial score (nSPS) is 36.1. The van der Waals surface area contributed by atoms with E-state index in [1.54, 1.807) is 0 Å². The lowest BCUT2D eigenvalue weighted by Crippen LogP contribution is -2.53. The molecule has 6 heteroatoms. The highest BCUT2D eigenvalue weighted by Crippen LogP contribution is 2.39.